The van der Waals surface area contributed by atoms with Gasteiger partial charge >= 0.3 is 0 Å². The minimum atomic E-state index is -0.0452. The molecule has 0 unspecified atom stereocenters. The van der Waals surface area contributed by atoms with Gasteiger partial charge in [-0.1, -0.05) is 0 Å². The first kappa shape index (κ1) is 14.8. The van der Waals surface area contributed by atoms with Gasteiger partial charge in [0.1, 0.15) is 5.82 Å². The number of amides is 1. The molecule has 5 nitrogen and oxygen atoms in total. The van der Waals surface area contributed by atoms with Gasteiger partial charge in [0.25, 0.3) is 5.91 Å². The molecule has 2 rings (SSSR count). The summed E-state index contributed by atoms with van der Waals surface area (Å²) in [5.41, 5.74) is 2.97. The van der Waals surface area contributed by atoms with Crippen molar-refractivity contribution in [3.8, 4) is 0 Å². The van der Waals surface area contributed by atoms with Crippen LogP contribution in [0.15, 0.2) is 6.07 Å². The van der Waals surface area contributed by atoms with E-state index in [2.05, 4.69) is 10.6 Å². The van der Waals surface area contributed by atoms with Crippen LogP contribution in [0.2, 0.25) is 0 Å². The summed E-state index contributed by atoms with van der Waals surface area (Å²) in [5.74, 6) is 0.708. The van der Waals surface area contributed by atoms with E-state index in [1.165, 1.54) is 5.56 Å². The predicted molar refractivity (Wildman–Crippen MR) is 81.4 cm³/mol. The highest BCUT2D eigenvalue weighted by Gasteiger charge is 2.20. The third kappa shape index (κ3) is 3.28. The van der Waals surface area contributed by atoms with E-state index < -0.39 is 0 Å². The number of hydrogen-bond donors (Lipinski definition) is 2. The van der Waals surface area contributed by atoms with Crippen LogP contribution in [0.3, 0.4) is 0 Å². The van der Waals surface area contributed by atoms with Gasteiger partial charge in [-0.15, -0.1) is 0 Å². The molecule has 1 amide bonds. The molecular weight excluding hydrogens is 252 g/mol. The summed E-state index contributed by atoms with van der Waals surface area (Å²) in [6, 6.07) is 2.14. The fourth-order valence-electron chi connectivity index (χ4n) is 2.42. The van der Waals surface area contributed by atoms with E-state index in [1.54, 1.807) is 0 Å². The average molecular weight is 276 g/mol. The Labute approximate surface area is 120 Å². The number of anilines is 1. The molecule has 1 aromatic heterocycles. The van der Waals surface area contributed by atoms with Gasteiger partial charge in [-0.25, -0.2) is 4.98 Å². The van der Waals surface area contributed by atoms with Gasteiger partial charge in [0, 0.05) is 38.8 Å². The lowest BCUT2D eigenvalue weighted by Gasteiger charge is -2.19. The van der Waals surface area contributed by atoms with Crippen molar-refractivity contribution in [2.45, 2.75) is 32.7 Å². The summed E-state index contributed by atoms with van der Waals surface area (Å²) in [6.45, 7) is 5.83. The van der Waals surface area contributed by atoms with Crippen molar-refractivity contribution in [1.82, 2.24) is 15.6 Å². The van der Waals surface area contributed by atoms with E-state index >= 15 is 0 Å². The van der Waals surface area contributed by atoms with Crippen LogP contribution < -0.4 is 15.5 Å². The van der Waals surface area contributed by atoms with Gasteiger partial charge in [-0.2, -0.15) is 0 Å². The summed E-state index contributed by atoms with van der Waals surface area (Å²) in [5, 5.41) is 6.33. The normalized spacial score (nSPS) is 14.7. The number of carbonyl (C=O) groups is 1. The number of aromatic nitrogens is 1. The van der Waals surface area contributed by atoms with Crippen LogP contribution >= 0.6 is 0 Å². The van der Waals surface area contributed by atoms with Crippen molar-refractivity contribution in [2.75, 3.05) is 32.1 Å². The fraction of sp³-hybridized carbons (Fsp3) is 0.600. The molecule has 0 saturated carbocycles. The standard InChI is InChI=1S/C15H24N4O/c1-10(2)17-15(20)12-9-11-5-7-16-8-6-13(11)18-14(12)19(3)4/h9-10,16H,5-8H2,1-4H3,(H,17,20). The summed E-state index contributed by atoms with van der Waals surface area (Å²) >= 11 is 0. The minimum Gasteiger partial charge on any atom is -0.362 e. The van der Waals surface area contributed by atoms with E-state index in [1.807, 2.05) is 38.9 Å². The molecule has 1 aliphatic heterocycles. The molecule has 0 radical (unpaired) electrons. The van der Waals surface area contributed by atoms with E-state index in [0.29, 0.717) is 5.56 Å². The lowest BCUT2D eigenvalue weighted by atomic mass is 10.0. The average Bonchev–Trinajstić information content (AvgIpc) is 2.60. The molecular formula is C15H24N4O. The quantitative estimate of drug-likeness (QED) is 0.864. The van der Waals surface area contributed by atoms with E-state index in [9.17, 15) is 4.79 Å². The summed E-state index contributed by atoms with van der Waals surface area (Å²) in [4.78, 5) is 19.0. The van der Waals surface area contributed by atoms with Gasteiger partial charge in [0.15, 0.2) is 0 Å². The largest absolute Gasteiger partial charge is 0.362 e. The highest BCUT2D eigenvalue weighted by molar-refractivity contribution is 5.99. The maximum atomic E-state index is 12.4. The number of pyridine rings is 1. The van der Waals surface area contributed by atoms with Crippen LogP contribution in [-0.2, 0) is 12.8 Å². The second kappa shape index (κ2) is 6.22. The zero-order valence-corrected chi connectivity index (χ0v) is 12.8. The first-order valence-electron chi connectivity index (χ1n) is 7.20. The lowest BCUT2D eigenvalue weighted by molar-refractivity contribution is 0.0943. The van der Waals surface area contributed by atoms with Gasteiger partial charge in [-0.3, -0.25) is 4.79 Å². The van der Waals surface area contributed by atoms with Crippen LogP contribution in [0.25, 0.3) is 0 Å². The Balaban J connectivity index is 2.43. The predicted octanol–water partition coefficient (Wildman–Crippen LogP) is 0.974. The van der Waals surface area contributed by atoms with Crippen LogP contribution in [-0.4, -0.2) is 44.1 Å². The van der Waals surface area contributed by atoms with Crippen molar-refractivity contribution >= 4 is 11.7 Å². The molecule has 0 aliphatic carbocycles. The van der Waals surface area contributed by atoms with E-state index in [4.69, 9.17) is 4.98 Å². The summed E-state index contributed by atoms with van der Waals surface area (Å²) in [6.07, 6.45) is 1.85. The molecule has 2 N–H and O–H groups in total. The third-order valence-corrected chi connectivity index (χ3v) is 3.37. The van der Waals surface area contributed by atoms with Crippen LogP contribution in [0.1, 0.15) is 35.5 Å². The Morgan fingerprint density at radius 2 is 2.05 bits per heavy atom. The Kier molecular flexibility index (Phi) is 4.60. The molecule has 110 valence electrons. The number of nitrogens with zero attached hydrogens (tertiary/aromatic N) is 2. The Hall–Kier alpha value is -1.62. The number of carbonyl (C=O) groups excluding carboxylic acids is 1. The smallest absolute Gasteiger partial charge is 0.255 e. The van der Waals surface area contributed by atoms with Crippen molar-refractivity contribution in [3.63, 3.8) is 0 Å². The Bertz CT molecular complexity index is 497. The van der Waals surface area contributed by atoms with Crippen LogP contribution in [0.5, 0.6) is 0 Å². The van der Waals surface area contributed by atoms with E-state index in [-0.39, 0.29) is 11.9 Å². The maximum absolute atomic E-state index is 12.4. The Morgan fingerprint density at radius 3 is 2.70 bits per heavy atom. The number of rotatable bonds is 3. The number of fused-ring (bicyclic) bond motifs is 1. The molecule has 0 bridgehead atoms. The highest BCUT2D eigenvalue weighted by atomic mass is 16.1. The molecule has 1 aliphatic rings. The molecule has 0 saturated heterocycles. The van der Waals surface area contributed by atoms with Gasteiger partial charge in [0.05, 0.1) is 5.56 Å². The molecule has 1 aromatic rings. The van der Waals surface area contributed by atoms with E-state index in [0.717, 1.165) is 37.4 Å². The monoisotopic (exact) mass is 276 g/mol. The molecule has 0 fully saturated rings. The van der Waals surface area contributed by atoms with Gasteiger partial charge < -0.3 is 15.5 Å². The molecule has 0 atom stereocenters. The number of nitrogens with one attached hydrogen (secondary N) is 2. The van der Waals surface area contributed by atoms with Crippen molar-refractivity contribution in [3.05, 3.63) is 22.9 Å². The first-order chi connectivity index (χ1) is 9.49. The van der Waals surface area contributed by atoms with Gasteiger partial charge in [-0.05, 0) is 38.4 Å². The lowest BCUT2D eigenvalue weighted by Crippen LogP contribution is -2.32. The van der Waals surface area contributed by atoms with Gasteiger partial charge in [0.2, 0.25) is 0 Å². The summed E-state index contributed by atoms with van der Waals surface area (Å²) < 4.78 is 0. The first-order valence-corrected chi connectivity index (χ1v) is 7.20. The topological polar surface area (TPSA) is 57.3 Å². The van der Waals surface area contributed by atoms with Crippen molar-refractivity contribution < 1.29 is 4.79 Å². The zero-order chi connectivity index (χ0) is 14.7. The SMILES string of the molecule is CC(C)NC(=O)c1cc2c(nc1N(C)C)CCNCC2. The second-order valence-corrected chi connectivity index (χ2v) is 5.74. The highest BCUT2D eigenvalue weighted by Crippen LogP contribution is 2.22. The van der Waals surface area contributed by atoms with Crippen LogP contribution in [0.4, 0.5) is 5.82 Å². The number of hydrogen-bond acceptors (Lipinski definition) is 4. The summed E-state index contributed by atoms with van der Waals surface area (Å²) in [7, 11) is 3.85. The van der Waals surface area contributed by atoms with Crippen molar-refractivity contribution in [2.24, 2.45) is 0 Å². The van der Waals surface area contributed by atoms with Crippen LogP contribution in [0, 0.1) is 0 Å². The molecule has 5 heteroatoms. The minimum absolute atomic E-state index is 0.0452. The Morgan fingerprint density at radius 1 is 1.35 bits per heavy atom. The van der Waals surface area contributed by atoms with Crippen molar-refractivity contribution in [1.29, 1.82) is 0 Å². The fourth-order valence-corrected chi connectivity index (χ4v) is 2.42. The zero-order valence-electron chi connectivity index (χ0n) is 12.8. The molecule has 0 aromatic carbocycles. The maximum Gasteiger partial charge on any atom is 0.255 e. The third-order valence-electron chi connectivity index (χ3n) is 3.37. The molecule has 2 heterocycles. The second-order valence-electron chi connectivity index (χ2n) is 5.74. The molecule has 0 spiro atoms. The molecule has 20 heavy (non-hydrogen) atoms.